The number of fused-ring (bicyclic) bond motifs is 3. The molecule has 3 aromatic rings. The van der Waals surface area contributed by atoms with E-state index in [-0.39, 0.29) is 17.4 Å². The van der Waals surface area contributed by atoms with Crippen LogP contribution in [0.3, 0.4) is 0 Å². The number of nitrogens with one attached hydrogen (secondary N) is 1. The van der Waals surface area contributed by atoms with Gasteiger partial charge in [0.1, 0.15) is 0 Å². The van der Waals surface area contributed by atoms with Crippen molar-refractivity contribution >= 4 is 38.9 Å². The van der Waals surface area contributed by atoms with Gasteiger partial charge in [0.25, 0.3) is 5.56 Å². The fraction of sp³-hybridized carbons (Fsp3) is 0.591. The summed E-state index contributed by atoms with van der Waals surface area (Å²) in [5.74, 6) is 1.12. The van der Waals surface area contributed by atoms with E-state index in [2.05, 4.69) is 23.5 Å². The summed E-state index contributed by atoms with van der Waals surface area (Å²) < 4.78 is 32.5. The predicted molar refractivity (Wildman–Crippen MR) is 132 cm³/mol. The van der Waals surface area contributed by atoms with Crippen LogP contribution in [0, 0.1) is 10.7 Å². The minimum Gasteiger partial charge on any atom is -0.284 e. The summed E-state index contributed by atoms with van der Waals surface area (Å²) in [6.07, 6.45) is 2.35. The zero-order valence-corrected chi connectivity index (χ0v) is 21.0. The number of piperidine rings is 1. The van der Waals surface area contributed by atoms with E-state index in [9.17, 15) is 13.2 Å². The Morgan fingerprint density at radius 1 is 1.21 bits per heavy atom. The van der Waals surface area contributed by atoms with Gasteiger partial charge >= 0.3 is 0 Å². The van der Waals surface area contributed by atoms with Crippen molar-refractivity contribution in [2.75, 3.05) is 18.8 Å². The maximum absolute atomic E-state index is 13.2. The molecule has 0 radical (unpaired) electrons. The van der Waals surface area contributed by atoms with E-state index in [1.165, 1.54) is 0 Å². The summed E-state index contributed by atoms with van der Waals surface area (Å²) >= 11 is 5.80. The third-order valence-corrected chi connectivity index (χ3v) is 8.11. The second kappa shape index (κ2) is 9.65. The average molecular weight is 493 g/mol. The van der Waals surface area contributed by atoms with Gasteiger partial charge in [0.2, 0.25) is 20.6 Å². The van der Waals surface area contributed by atoms with Crippen LogP contribution in [0.15, 0.2) is 29.1 Å². The lowest BCUT2D eigenvalue weighted by molar-refractivity contribution is 0.157. The minimum atomic E-state index is -3.20. The lowest BCUT2D eigenvalue weighted by Crippen LogP contribution is -2.45. The number of hydrogen-bond donors (Lipinski definition) is 1. The van der Waals surface area contributed by atoms with Crippen LogP contribution in [0.4, 0.5) is 0 Å². The van der Waals surface area contributed by atoms with Crippen molar-refractivity contribution in [3.05, 3.63) is 39.4 Å². The number of para-hydroxylation sites is 1. The van der Waals surface area contributed by atoms with E-state index >= 15 is 0 Å². The number of nitrogens with zero attached hydrogens (tertiary/aromatic N) is 5. The molecule has 0 amide bonds. The summed E-state index contributed by atoms with van der Waals surface area (Å²) in [4.78, 5) is 15.5. The number of benzene rings is 1. The summed E-state index contributed by atoms with van der Waals surface area (Å²) in [6.45, 7) is 8.49. The predicted octanol–water partition coefficient (Wildman–Crippen LogP) is 2.59. The van der Waals surface area contributed by atoms with Crippen LogP contribution in [-0.4, -0.2) is 57.0 Å². The first kappa shape index (κ1) is 24.1. The normalized spacial score (nSPS) is 16.4. The number of hydrogen-bond acceptors (Lipinski definition) is 6. The highest BCUT2D eigenvalue weighted by Gasteiger charge is 2.24. The summed E-state index contributed by atoms with van der Waals surface area (Å²) in [6, 6.07) is 7.48. The van der Waals surface area contributed by atoms with Gasteiger partial charge in [0.15, 0.2) is 0 Å². The topological polar surface area (TPSA) is 93.6 Å². The maximum atomic E-state index is 13.2. The number of rotatable bonds is 8. The van der Waals surface area contributed by atoms with Gasteiger partial charge in [-0.05, 0) is 56.5 Å². The Bertz CT molecular complexity index is 1360. The minimum absolute atomic E-state index is 0.0367. The van der Waals surface area contributed by atoms with Gasteiger partial charge < -0.3 is 0 Å². The van der Waals surface area contributed by atoms with Crippen molar-refractivity contribution in [1.29, 1.82) is 0 Å². The summed E-state index contributed by atoms with van der Waals surface area (Å²) in [7, 11) is -3.20. The van der Waals surface area contributed by atoms with E-state index < -0.39 is 10.0 Å². The Hall–Kier alpha value is -2.08. The Morgan fingerprint density at radius 3 is 2.58 bits per heavy atom. The van der Waals surface area contributed by atoms with Gasteiger partial charge in [0, 0.05) is 25.7 Å². The lowest BCUT2D eigenvalue weighted by atomic mass is 10.1. The van der Waals surface area contributed by atoms with Gasteiger partial charge in [0.05, 0.1) is 23.3 Å². The molecule has 4 rings (SSSR count). The van der Waals surface area contributed by atoms with Crippen LogP contribution >= 0.6 is 12.2 Å². The highest BCUT2D eigenvalue weighted by molar-refractivity contribution is 7.89. The van der Waals surface area contributed by atoms with Gasteiger partial charge in [-0.3, -0.25) is 18.7 Å². The highest BCUT2D eigenvalue weighted by atomic mass is 32.2. The molecular weight excluding hydrogens is 460 g/mol. The molecule has 0 bridgehead atoms. The van der Waals surface area contributed by atoms with Crippen LogP contribution in [0.5, 0.6) is 0 Å². The zero-order valence-electron chi connectivity index (χ0n) is 19.4. The van der Waals surface area contributed by atoms with E-state index in [1.807, 2.05) is 28.7 Å². The molecule has 0 spiro atoms. The second-order valence-corrected chi connectivity index (χ2v) is 11.5. The highest BCUT2D eigenvalue weighted by Crippen LogP contribution is 2.17. The Kier molecular flexibility index (Phi) is 7.04. The first-order valence-corrected chi connectivity index (χ1v) is 13.6. The quantitative estimate of drug-likeness (QED) is 0.486. The van der Waals surface area contributed by atoms with Crippen LogP contribution in [0.2, 0.25) is 0 Å². The number of aryl methyl sites for hydroxylation is 1. The van der Waals surface area contributed by atoms with E-state index in [1.54, 1.807) is 16.2 Å². The fourth-order valence-corrected chi connectivity index (χ4v) is 5.46. The van der Waals surface area contributed by atoms with Crippen molar-refractivity contribution in [2.45, 2.75) is 59.3 Å². The SMILES string of the molecule is CCS(=O)(=O)NC1CCN(Cn2nc3n(CCC(C)C)c(=O)c4ccccc4n3c2=S)CC1. The van der Waals surface area contributed by atoms with Crippen LogP contribution in [-0.2, 0) is 23.2 Å². The van der Waals surface area contributed by atoms with Gasteiger partial charge in [-0.2, -0.15) is 0 Å². The number of aromatic nitrogens is 4. The second-order valence-electron chi connectivity index (χ2n) is 9.13. The standard InChI is InChI=1S/C22H32N6O3S2/c1-4-33(30,31)24-17-10-12-25(13-11-17)15-27-22(32)28-19-8-6-5-7-18(19)20(29)26(21(28)23-27)14-9-16(2)3/h5-8,16-17,24H,4,9-15H2,1-3H3. The van der Waals surface area contributed by atoms with E-state index in [0.717, 1.165) is 37.9 Å². The fourth-order valence-electron chi connectivity index (χ4n) is 4.27. The molecule has 0 aliphatic carbocycles. The molecule has 1 saturated heterocycles. The Labute approximate surface area is 199 Å². The summed E-state index contributed by atoms with van der Waals surface area (Å²) in [5, 5.41) is 5.40. The monoisotopic (exact) mass is 492 g/mol. The maximum Gasteiger partial charge on any atom is 0.262 e. The van der Waals surface area contributed by atoms with E-state index in [4.69, 9.17) is 17.3 Å². The third-order valence-electron chi connectivity index (χ3n) is 6.26. The molecule has 1 N–H and O–H groups in total. The average Bonchev–Trinajstić information content (AvgIpc) is 3.10. The van der Waals surface area contributed by atoms with Crippen molar-refractivity contribution < 1.29 is 8.42 Å². The first-order valence-electron chi connectivity index (χ1n) is 11.5. The number of likely N-dealkylation sites (tertiary alicyclic amines) is 1. The lowest BCUT2D eigenvalue weighted by Gasteiger charge is -2.31. The molecular formula is C22H32N6O3S2. The first-order chi connectivity index (χ1) is 15.7. The van der Waals surface area contributed by atoms with Gasteiger partial charge in [-0.25, -0.2) is 17.8 Å². The molecule has 3 heterocycles. The molecule has 33 heavy (non-hydrogen) atoms. The molecule has 9 nitrogen and oxygen atoms in total. The molecule has 180 valence electrons. The molecule has 0 unspecified atom stereocenters. The molecule has 1 aliphatic rings. The van der Waals surface area contributed by atoms with Crippen molar-refractivity contribution in [3.8, 4) is 0 Å². The Balaban J connectivity index is 1.64. The van der Waals surface area contributed by atoms with E-state index in [0.29, 0.717) is 35.1 Å². The van der Waals surface area contributed by atoms with Gasteiger partial charge in [-0.1, -0.05) is 26.0 Å². The van der Waals surface area contributed by atoms with Crippen molar-refractivity contribution in [2.24, 2.45) is 5.92 Å². The molecule has 2 aromatic heterocycles. The smallest absolute Gasteiger partial charge is 0.262 e. The Morgan fingerprint density at radius 2 is 1.91 bits per heavy atom. The van der Waals surface area contributed by atoms with Crippen LogP contribution in [0.1, 0.15) is 40.0 Å². The van der Waals surface area contributed by atoms with Gasteiger partial charge in [-0.15, -0.1) is 5.10 Å². The van der Waals surface area contributed by atoms with Crippen molar-refractivity contribution in [1.82, 2.24) is 28.4 Å². The zero-order chi connectivity index (χ0) is 23.8. The summed E-state index contributed by atoms with van der Waals surface area (Å²) in [5.41, 5.74) is 0.720. The molecule has 0 atom stereocenters. The molecule has 1 fully saturated rings. The molecule has 1 aliphatic heterocycles. The molecule has 0 saturated carbocycles. The van der Waals surface area contributed by atoms with Crippen LogP contribution < -0.4 is 10.3 Å². The van der Waals surface area contributed by atoms with Crippen LogP contribution in [0.25, 0.3) is 16.7 Å². The molecule has 11 heteroatoms. The number of sulfonamides is 1. The van der Waals surface area contributed by atoms with Crippen molar-refractivity contribution in [3.63, 3.8) is 0 Å². The third kappa shape index (κ3) is 5.06. The molecule has 1 aromatic carbocycles. The largest absolute Gasteiger partial charge is 0.284 e.